The highest BCUT2D eigenvalue weighted by molar-refractivity contribution is 5.86. The Kier molecular flexibility index (Phi) is 6.81. The van der Waals surface area contributed by atoms with Gasteiger partial charge in [0.05, 0.1) is 18.0 Å². The second kappa shape index (κ2) is 10.5. The lowest BCUT2D eigenvalue weighted by molar-refractivity contribution is 0.0689. The van der Waals surface area contributed by atoms with Crippen molar-refractivity contribution >= 4 is 5.97 Å². The van der Waals surface area contributed by atoms with E-state index in [-0.39, 0.29) is 5.69 Å². The van der Waals surface area contributed by atoms with Crippen molar-refractivity contribution in [3.05, 3.63) is 113 Å². The average molecular weight is 495 g/mol. The zero-order valence-electron chi connectivity index (χ0n) is 20.6. The third kappa shape index (κ3) is 5.59. The number of carbonyl (C=O) groups is 1. The Labute approximate surface area is 214 Å². The Morgan fingerprint density at radius 2 is 1.76 bits per heavy atom. The number of hydrogen-bond acceptors (Lipinski definition) is 6. The molecule has 3 aromatic carbocycles. The average Bonchev–Trinajstić information content (AvgIpc) is 3.49. The van der Waals surface area contributed by atoms with Crippen LogP contribution >= 0.6 is 0 Å². The molecular formula is C29H26N4O4. The van der Waals surface area contributed by atoms with Crippen LogP contribution in [0.3, 0.4) is 0 Å². The van der Waals surface area contributed by atoms with Gasteiger partial charge in [-0.05, 0) is 61.4 Å². The van der Waals surface area contributed by atoms with Crippen molar-refractivity contribution in [1.29, 1.82) is 0 Å². The lowest BCUT2D eigenvalue weighted by Gasteiger charge is -2.07. The first-order chi connectivity index (χ1) is 18.0. The van der Waals surface area contributed by atoms with Gasteiger partial charge in [-0.25, -0.2) is 9.78 Å². The summed E-state index contributed by atoms with van der Waals surface area (Å²) >= 11 is 0. The second-order valence-electron chi connectivity index (χ2n) is 8.74. The number of aromatic carboxylic acids is 1. The molecule has 0 unspecified atom stereocenters. The molecule has 0 aliphatic carbocycles. The third-order valence-corrected chi connectivity index (χ3v) is 5.91. The van der Waals surface area contributed by atoms with Crippen LogP contribution in [0.4, 0.5) is 0 Å². The SMILES string of the molecule is Cc1cccc(-n2nc(Cc3cccc(OCCc4nc(-c5ccccc5)oc4C)c3)c(C(=O)O)n2)c1. The fourth-order valence-electron chi connectivity index (χ4n) is 4.06. The van der Waals surface area contributed by atoms with Gasteiger partial charge >= 0.3 is 5.97 Å². The molecule has 2 aromatic heterocycles. The predicted octanol–water partition coefficient (Wildman–Crippen LogP) is 5.45. The van der Waals surface area contributed by atoms with E-state index in [1.807, 2.05) is 92.7 Å². The van der Waals surface area contributed by atoms with Crippen molar-refractivity contribution in [1.82, 2.24) is 20.0 Å². The molecule has 0 spiro atoms. The summed E-state index contributed by atoms with van der Waals surface area (Å²) in [6, 6.07) is 24.9. The largest absolute Gasteiger partial charge is 0.493 e. The highest BCUT2D eigenvalue weighted by Crippen LogP contribution is 2.23. The van der Waals surface area contributed by atoms with Crippen LogP contribution in [-0.2, 0) is 12.8 Å². The summed E-state index contributed by atoms with van der Waals surface area (Å²) < 4.78 is 11.8. The molecule has 0 radical (unpaired) electrons. The lowest BCUT2D eigenvalue weighted by Crippen LogP contribution is -2.04. The number of ether oxygens (including phenoxy) is 1. The number of rotatable bonds is 9. The highest BCUT2D eigenvalue weighted by Gasteiger charge is 2.19. The van der Waals surface area contributed by atoms with E-state index in [1.54, 1.807) is 0 Å². The topological polar surface area (TPSA) is 103 Å². The summed E-state index contributed by atoms with van der Waals surface area (Å²) in [5, 5.41) is 18.4. The molecule has 37 heavy (non-hydrogen) atoms. The van der Waals surface area contributed by atoms with Crippen LogP contribution in [0, 0.1) is 13.8 Å². The molecule has 0 aliphatic rings. The monoisotopic (exact) mass is 494 g/mol. The number of carboxylic acid groups (broad SMARTS) is 1. The van der Waals surface area contributed by atoms with Gasteiger partial charge in [-0.15, -0.1) is 5.10 Å². The van der Waals surface area contributed by atoms with E-state index in [1.165, 1.54) is 4.80 Å². The molecule has 5 aromatic rings. The van der Waals surface area contributed by atoms with Gasteiger partial charge in [-0.3, -0.25) is 0 Å². The second-order valence-corrected chi connectivity index (χ2v) is 8.74. The molecule has 8 heteroatoms. The van der Waals surface area contributed by atoms with Crippen LogP contribution in [0.5, 0.6) is 5.75 Å². The smallest absolute Gasteiger partial charge is 0.358 e. The van der Waals surface area contributed by atoms with Gasteiger partial charge in [0.15, 0.2) is 5.69 Å². The first-order valence-electron chi connectivity index (χ1n) is 12.0. The number of aryl methyl sites for hydroxylation is 2. The Morgan fingerprint density at radius 3 is 2.54 bits per heavy atom. The number of carboxylic acids is 1. The third-order valence-electron chi connectivity index (χ3n) is 5.91. The van der Waals surface area contributed by atoms with E-state index in [0.717, 1.165) is 28.1 Å². The van der Waals surface area contributed by atoms with Crippen molar-refractivity contribution in [2.45, 2.75) is 26.7 Å². The zero-order chi connectivity index (χ0) is 25.8. The molecule has 0 aliphatic heterocycles. The normalized spacial score (nSPS) is 11.0. The molecule has 0 bridgehead atoms. The molecule has 1 N–H and O–H groups in total. The molecule has 0 amide bonds. The molecule has 5 rings (SSSR count). The van der Waals surface area contributed by atoms with E-state index in [9.17, 15) is 9.90 Å². The fourth-order valence-corrected chi connectivity index (χ4v) is 4.06. The van der Waals surface area contributed by atoms with Crippen LogP contribution in [-0.4, -0.2) is 37.7 Å². The predicted molar refractivity (Wildman–Crippen MR) is 138 cm³/mol. The number of hydrogen-bond donors (Lipinski definition) is 1. The van der Waals surface area contributed by atoms with E-state index in [0.29, 0.717) is 42.5 Å². The van der Waals surface area contributed by atoms with Gasteiger partial charge in [-0.1, -0.05) is 42.5 Å². The molecule has 0 atom stereocenters. The summed E-state index contributed by atoms with van der Waals surface area (Å²) in [6.07, 6.45) is 0.911. The Morgan fingerprint density at radius 1 is 0.946 bits per heavy atom. The van der Waals surface area contributed by atoms with Gasteiger partial charge in [0, 0.05) is 18.4 Å². The molecular weight excluding hydrogens is 468 g/mol. The van der Waals surface area contributed by atoms with Gasteiger partial charge in [0.25, 0.3) is 0 Å². The molecule has 0 saturated heterocycles. The number of aromatic nitrogens is 4. The minimum atomic E-state index is -1.11. The summed E-state index contributed by atoms with van der Waals surface area (Å²) in [5.74, 6) is 0.946. The number of oxazole rings is 1. The summed E-state index contributed by atoms with van der Waals surface area (Å²) in [7, 11) is 0. The van der Waals surface area contributed by atoms with Gasteiger partial charge in [0.1, 0.15) is 17.2 Å². The molecule has 0 fully saturated rings. The van der Waals surface area contributed by atoms with Crippen molar-refractivity contribution in [2.24, 2.45) is 0 Å². The maximum absolute atomic E-state index is 11.8. The number of nitrogens with zero attached hydrogens (tertiary/aromatic N) is 4. The fraction of sp³-hybridized carbons (Fsp3) is 0.172. The van der Waals surface area contributed by atoms with Gasteiger partial charge < -0.3 is 14.3 Å². The Hall–Kier alpha value is -4.72. The Balaban J connectivity index is 1.27. The zero-order valence-corrected chi connectivity index (χ0v) is 20.6. The Bertz CT molecular complexity index is 1540. The number of benzene rings is 3. The van der Waals surface area contributed by atoms with Crippen molar-refractivity contribution in [2.75, 3.05) is 6.61 Å². The standard InChI is InChI=1S/C29H26N4O4/c1-19-8-6-12-23(16-19)33-31-26(27(32-33)29(34)35)18-21-9-7-13-24(17-21)36-15-14-25-20(2)37-28(30-25)22-10-4-3-5-11-22/h3-13,16-17H,14-15,18H2,1-2H3,(H,34,35). The van der Waals surface area contributed by atoms with Crippen molar-refractivity contribution in [3.8, 4) is 22.9 Å². The van der Waals surface area contributed by atoms with E-state index in [4.69, 9.17) is 9.15 Å². The van der Waals surface area contributed by atoms with Crippen LogP contribution < -0.4 is 4.74 Å². The van der Waals surface area contributed by atoms with E-state index < -0.39 is 5.97 Å². The quantitative estimate of drug-likeness (QED) is 0.291. The van der Waals surface area contributed by atoms with Gasteiger partial charge in [0.2, 0.25) is 5.89 Å². The summed E-state index contributed by atoms with van der Waals surface area (Å²) in [6.45, 7) is 4.29. The first kappa shape index (κ1) is 24.0. The van der Waals surface area contributed by atoms with Crippen LogP contribution in [0.25, 0.3) is 17.1 Å². The minimum absolute atomic E-state index is 0.0662. The molecule has 186 valence electrons. The first-order valence-corrected chi connectivity index (χ1v) is 12.0. The summed E-state index contributed by atoms with van der Waals surface area (Å²) in [4.78, 5) is 17.8. The maximum Gasteiger partial charge on any atom is 0.358 e. The van der Waals surface area contributed by atoms with Crippen molar-refractivity contribution < 1.29 is 19.1 Å². The minimum Gasteiger partial charge on any atom is -0.493 e. The van der Waals surface area contributed by atoms with E-state index >= 15 is 0 Å². The lowest BCUT2D eigenvalue weighted by atomic mass is 10.1. The van der Waals surface area contributed by atoms with Crippen LogP contribution in [0.1, 0.15) is 38.8 Å². The van der Waals surface area contributed by atoms with Crippen LogP contribution in [0.15, 0.2) is 83.3 Å². The van der Waals surface area contributed by atoms with E-state index in [2.05, 4.69) is 15.2 Å². The van der Waals surface area contributed by atoms with Crippen LogP contribution in [0.2, 0.25) is 0 Å². The molecule has 0 saturated carbocycles. The maximum atomic E-state index is 11.8. The van der Waals surface area contributed by atoms with Crippen molar-refractivity contribution in [3.63, 3.8) is 0 Å². The summed E-state index contributed by atoms with van der Waals surface area (Å²) in [5.41, 5.74) is 4.74. The highest BCUT2D eigenvalue weighted by atomic mass is 16.5. The molecule has 2 heterocycles. The van der Waals surface area contributed by atoms with Gasteiger partial charge in [-0.2, -0.15) is 9.90 Å². The molecule has 8 nitrogen and oxygen atoms in total.